The molecule has 0 aromatic carbocycles. The number of rotatable bonds is 3. The average molecular weight is 129 g/mol. The molecule has 0 atom stereocenters. The normalized spacial score (nSPS) is 12.7. The van der Waals surface area contributed by atoms with Crippen molar-refractivity contribution in [2.24, 2.45) is 27.6 Å². The van der Waals surface area contributed by atoms with Crippen LogP contribution in [0.4, 0.5) is 0 Å². The number of hydrogen-bond donors (Lipinski definition) is 3. The van der Waals surface area contributed by atoms with Gasteiger partial charge >= 0.3 is 0 Å². The fourth-order valence-electron chi connectivity index (χ4n) is 0.320. The molecule has 0 aliphatic rings. The van der Waals surface area contributed by atoms with Crippen LogP contribution >= 0.6 is 0 Å². The van der Waals surface area contributed by atoms with Gasteiger partial charge in [0.25, 0.3) is 0 Å². The van der Waals surface area contributed by atoms with Crippen LogP contribution in [0, 0.1) is 0 Å². The molecule has 6 N–H and O–H groups in total. The molecule has 0 fully saturated rings. The smallest absolute Gasteiger partial charge is 0.0675 e. The molecule has 0 aliphatic carbocycles. The molecule has 0 amide bonds. The molecule has 5 heteroatoms. The lowest BCUT2D eigenvalue weighted by molar-refractivity contribution is 0.843. The Labute approximate surface area is 53.6 Å². The van der Waals surface area contributed by atoms with Crippen molar-refractivity contribution in [3.05, 3.63) is 11.9 Å². The zero-order valence-corrected chi connectivity index (χ0v) is 5.12. The van der Waals surface area contributed by atoms with Gasteiger partial charge in [-0.3, -0.25) is 0 Å². The first-order chi connectivity index (χ1) is 4.31. The molecule has 0 heterocycles. The molecule has 0 spiro atoms. The summed E-state index contributed by atoms with van der Waals surface area (Å²) in [6.45, 7) is 0.496. The standard InChI is InChI=1S/C4H11N5/c5-3-4(6)1-2-8-9-7/h3H,1-2,5-6H2,(H2,7,8)/b4-3-. The summed E-state index contributed by atoms with van der Waals surface area (Å²) in [6.07, 6.45) is 1.95. The van der Waals surface area contributed by atoms with Crippen molar-refractivity contribution in [2.45, 2.75) is 6.42 Å². The molecule has 0 bridgehead atoms. The first-order valence-corrected chi connectivity index (χ1v) is 2.54. The van der Waals surface area contributed by atoms with E-state index in [2.05, 4.69) is 10.3 Å². The van der Waals surface area contributed by atoms with E-state index in [1.165, 1.54) is 6.20 Å². The zero-order chi connectivity index (χ0) is 7.11. The van der Waals surface area contributed by atoms with Crippen molar-refractivity contribution in [1.82, 2.24) is 0 Å². The predicted octanol–water partition coefficient (Wildman–Crippen LogP) is -0.539. The van der Waals surface area contributed by atoms with Gasteiger partial charge in [-0.15, -0.1) is 0 Å². The van der Waals surface area contributed by atoms with Gasteiger partial charge in [-0.1, -0.05) is 5.22 Å². The fraction of sp³-hybridized carbons (Fsp3) is 0.500. The van der Waals surface area contributed by atoms with Gasteiger partial charge in [-0.25, -0.2) is 0 Å². The van der Waals surface area contributed by atoms with Crippen LogP contribution in [0.15, 0.2) is 22.2 Å². The van der Waals surface area contributed by atoms with Crippen LogP contribution in [-0.2, 0) is 0 Å². The maximum atomic E-state index is 5.31. The third-order valence-corrected chi connectivity index (χ3v) is 0.796. The Kier molecular flexibility index (Phi) is 4.20. The minimum atomic E-state index is 0.496. The lowest BCUT2D eigenvalue weighted by Crippen LogP contribution is -2.01. The summed E-state index contributed by atoms with van der Waals surface area (Å²) in [7, 11) is 0. The SMILES string of the molecule is N/C=C(\N)CCN=NN. The van der Waals surface area contributed by atoms with Crippen molar-refractivity contribution in [3.63, 3.8) is 0 Å². The minimum absolute atomic E-state index is 0.496. The van der Waals surface area contributed by atoms with E-state index in [0.29, 0.717) is 18.7 Å². The summed E-state index contributed by atoms with van der Waals surface area (Å²) >= 11 is 0. The molecule has 0 unspecified atom stereocenters. The molecule has 0 aliphatic heterocycles. The average Bonchev–Trinajstić information content (AvgIpc) is 1.89. The Morgan fingerprint density at radius 2 is 2.22 bits per heavy atom. The van der Waals surface area contributed by atoms with E-state index in [9.17, 15) is 0 Å². The molecule has 0 saturated heterocycles. The van der Waals surface area contributed by atoms with Crippen molar-refractivity contribution >= 4 is 0 Å². The van der Waals surface area contributed by atoms with E-state index in [0.717, 1.165) is 0 Å². The highest BCUT2D eigenvalue weighted by atomic mass is 15.3. The summed E-state index contributed by atoms with van der Waals surface area (Å²) in [5, 5.41) is 6.53. The highest BCUT2D eigenvalue weighted by Gasteiger charge is 1.85. The summed E-state index contributed by atoms with van der Waals surface area (Å²) in [5.41, 5.74) is 11.0. The van der Waals surface area contributed by atoms with E-state index in [4.69, 9.17) is 17.3 Å². The van der Waals surface area contributed by atoms with Gasteiger partial charge in [0.2, 0.25) is 0 Å². The quantitative estimate of drug-likeness (QED) is 0.271. The topological polar surface area (TPSA) is 103 Å². The van der Waals surface area contributed by atoms with Crippen molar-refractivity contribution in [2.75, 3.05) is 6.54 Å². The lowest BCUT2D eigenvalue weighted by Gasteiger charge is -1.92. The van der Waals surface area contributed by atoms with Crippen LogP contribution in [-0.4, -0.2) is 6.54 Å². The second kappa shape index (κ2) is 4.89. The van der Waals surface area contributed by atoms with E-state index in [-0.39, 0.29) is 0 Å². The Balaban J connectivity index is 3.28. The van der Waals surface area contributed by atoms with Gasteiger partial charge in [0.05, 0.1) is 6.54 Å². The highest BCUT2D eigenvalue weighted by molar-refractivity contribution is 4.92. The monoisotopic (exact) mass is 129 g/mol. The molecule has 0 saturated carbocycles. The number of nitrogens with two attached hydrogens (primary N) is 3. The zero-order valence-electron chi connectivity index (χ0n) is 5.12. The highest BCUT2D eigenvalue weighted by Crippen LogP contribution is 1.88. The molecular formula is C4H11N5. The summed E-state index contributed by atoms with van der Waals surface area (Å²) in [5.74, 6) is 4.72. The second-order valence-corrected chi connectivity index (χ2v) is 1.47. The third-order valence-electron chi connectivity index (χ3n) is 0.796. The molecule has 0 aromatic rings. The van der Waals surface area contributed by atoms with Crippen molar-refractivity contribution in [3.8, 4) is 0 Å². The molecule has 0 rings (SSSR count). The molecule has 0 aromatic heterocycles. The number of hydrogen-bond acceptors (Lipinski definition) is 4. The molecule has 52 valence electrons. The lowest BCUT2D eigenvalue weighted by atomic mass is 10.3. The summed E-state index contributed by atoms with van der Waals surface area (Å²) in [6, 6.07) is 0. The van der Waals surface area contributed by atoms with Crippen LogP contribution in [0.5, 0.6) is 0 Å². The maximum Gasteiger partial charge on any atom is 0.0675 e. The molecule has 5 nitrogen and oxygen atoms in total. The summed E-state index contributed by atoms with van der Waals surface area (Å²) in [4.78, 5) is 0. The fourth-order valence-corrected chi connectivity index (χ4v) is 0.320. The predicted molar refractivity (Wildman–Crippen MR) is 35.0 cm³/mol. The van der Waals surface area contributed by atoms with Crippen molar-refractivity contribution in [1.29, 1.82) is 0 Å². The van der Waals surface area contributed by atoms with E-state index in [1.807, 2.05) is 0 Å². The molecule has 9 heavy (non-hydrogen) atoms. The van der Waals surface area contributed by atoms with Gasteiger partial charge in [-0.05, 0) is 0 Å². The van der Waals surface area contributed by atoms with Gasteiger partial charge in [0, 0.05) is 18.3 Å². The van der Waals surface area contributed by atoms with Crippen molar-refractivity contribution < 1.29 is 0 Å². The van der Waals surface area contributed by atoms with Gasteiger partial charge in [0.15, 0.2) is 0 Å². The van der Waals surface area contributed by atoms with E-state index in [1.54, 1.807) is 0 Å². The van der Waals surface area contributed by atoms with Gasteiger partial charge in [-0.2, -0.15) is 5.11 Å². The molecule has 0 radical (unpaired) electrons. The van der Waals surface area contributed by atoms with Crippen LogP contribution in [0.25, 0.3) is 0 Å². The van der Waals surface area contributed by atoms with E-state index >= 15 is 0 Å². The largest absolute Gasteiger partial charge is 0.403 e. The minimum Gasteiger partial charge on any atom is -0.403 e. The van der Waals surface area contributed by atoms with Crippen LogP contribution in [0.1, 0.15) is 6.42 Å². The van der Waals surface area contributed by atoms with Gasteiger partial charge < -0.3 is 17.3 Å². The third kappa shape index (κ3) is 4.60. The first kappa shape index (κ1) is 7.74. The Bertz CT molecular complexity index is 116. The Morgan fingerprint density at radius 3 is 2.67 bits per heavy atom. The van der Waals surface area contributed by atoms with Crippen LogP contribution in [0.2, 0.25) is 0 Å². The number of nitrogens with zero attached hydrogens (tertiary/aromatic N) is 2. The Morgan fingerprint density at radius 1 is 1.56 bits per heavy atom. The van der Waals surface area contributed by atoms with E-state index < -0.39 is 0 Å². The van der Waals surface area contributed by atoms with Gasteiger partial charge in [0.1, 0.15) is 0 Å². The maximum absolute atomic E-state index is 5.31. The summed E-state index contributed by atoms with van der Waals surface area (Å²) < 4.78 is 0. The second-order valence-electron chi connectivity index (χ2n) is 1.47. The first-order valence-electron chi connectivity index (χ1n) is 2.54. The Hall–Kier alpha value is -1.26. The van der Waals surface area contributed by atoms with Crippen LogP contribution in [0.3, 0.4) is 0 Å². The molecular weight excluding hydrogens is 118 g/mol. The van der Waals surface area contributed by atoms with Crippen LogP contribution < -0.4 is 17.3 Å².